The van der Waals surface area contributed by atoms with Crippen molar-refractivity contribution in [3.8, 4) is 5.88 Å². The molecule has 0 amide bonds. The molecule has 0 aromatic carbocycles. The second-order valence-corrected chi connectivity index (χ2v) is 4.45. The Bertz CT molecular complexity index is 343. The highest BCUT2D eigenvalue weighted by atomic mass is 16.5. The lowest BCUT2D eigenvalue weighted by Gasteiger charge is -2.35. The molecule has 1 saturated carbocycles. The summed E-state index contributed by atoms with van der Waals surface area (Å²) in [5, 5.41) is 13.3. The summed E-state index contributed by atoms with van der Waals surface area (Å²) < 4.78 is 10.3. The summed E-state index contributed by atoms with van der Waals surface area (Å²) in [5.74, 6) is 1.26. The van der Waals surface area contributed by atoms with Gasteiger partial charge in [-0.25, -0.2) is 0 Å². The molecular formula is C11H18N2O3. The molecule has 0 bridgehead atoms. The van der Waals surface area contributed by atoms with Crippen LogP contribution in [0, 0.1) is 0 Å². The zero-order chi connectivity index (χ0) is 11.6. The Kier molecular flexibility index (Phi) is 3.16. The molecule has 2 rings (SSSR count). The number of nitrogens with two attached hydrogens (primary N) is 1. The molecular weight excluding hydrogens is 208 g/mol. The van der Waals surface area contributed by atoms with Crippen molar-refractivity contribution in [3.05, 3.63) is 11.8 Å². The Hall–Kier alpha value is -1.07. The fourth-order valence-corrected chi connectivity index (χ4v) is 2.31. The lowest BCUT2D eigenvalue weighted by atomic mass is 9.71. The number of aromatic nitrogens is 1. The maximum absolute atomic E-state index is 9.52. The average Bonchev–Trinajstić information content (AvgIpc) is 2.80. The van der Waals surface area contributed by atoms with Crippen molar-refractivity contribution in [2.75, 3.05) is 13.7 Å². The lowest BCUT2D eigenvalue weighted by molar-refractivity contribution is 0.0873. The van der Waals surface area contributed by atoms with E-state index in [1.54, 1.807) is 13.2 Å². The standard InChI is InChI=1S/C11H18N2O3/c1-15-10-6-9(16-13-10)11(7-12)4-2-8(14)3-5-11/h6,8,14H,2-5,7,12H2,1H3. The van der Waals surface area contributed by atoms with Crippen LogP contribution in [0.15, 0.2) is 10.6 Å². The molecule has 1 aromatic rings. The molecule has 3 N–H and O–H groups in total. The van der Waals surface area contributed by atoms with E-state index in [-0.39, 0.29) is 11.5 Å². The maximum Gasteiger partial charge on any atom is 0.254 e. The minimum Gasteiger partial charge on any atom is -0.479 e. The minimum absolute atomic E-state index is 0.178. The van der Waals surface area contributed by atoms with Gasteiger partial charge < -0.3 is 20.1 Å². The predicted molar refractivity (Wildman–Crippen MR) is 58.3 cm³/mol. The Morgan fingerprint density at radius 2 is 2.31 bits per heavy atom. The van der Waals surface area contributed by atoms with Crippen LogP contribution in [-0.2, 0) is 5.41 Å². The Labute approximate surface area is 94.6 Å². The molecule has 1 aromatic heterocycles. The van der Waals surface area contributed by atoms with Gasteiger partial charge in [0.25, 0.3) is 5.88 Å². The number of methoxy groups -OCH3 is 1. The monoisotopic (exact) mass is 226 g/mol. The van der Waals surface area contributed by atoms with Gasteiger partial charge >= 0.3 is 0 Å². The van der Waals surface area contributed by atoms with E-state index in [1.165, 1.54) is 0 Å². The van der Waals surface area contributed by atoms with Gasteiger partial charge in [0.05, 0.1) is 13.2 Å². The fraction of sp³-hybridized carbons (Fsp3) is 0.727. The zero-order valence-electron chi connectivity index (χ0n) is 9.48. The van der Waals surface area contributed by atoms with Crippen LogP contribution >= 0.6 is 0 Å². The molecule has 0 aliphatic heterocycles. The Balaban J connectivity index is 2.20. The van der Waals surface area contributed by atoms with E-state index < -0.39 is 0 Å². The number of rotatable bonds is 3. The first-order chi connectivity index (χ1) is 7.70. The summed E-state index contributed by atoms with van der Waals surface area (Å²) in [6, 6.07) is 1.80. The summed E-state index contributed by atoms with van der Waals surface area (Å²) in [5.41, 5.74) is 5.68. The lowest BCUT2D eigenvalue weighted by Crippen LogP contribution is -2.39. The van der Waals surface area contributed by atoms with E-state index in [2.05, 4.69) is 5.16 Å². The van der Waals surface area contributed by atoms with Gasteiger partial charge in [-0.2, -0.15) is 0 Å². The summed E-state index contributed by atoms with van der Waals surface area (Å²) >= 11 is 0. The van der Waals surface area contributed by atoms with E-state index >= 15 is 0 Å². The Morgan fingerprint density at radius 3 is 2.81 bits per heavy atom. The third-order valence-corrected chi connectivity index (χ3v) is 3.52. The first-order valence-corrected chi connectivity index (χ1v) is 5.59. The van der Waals surface area contributed by atoms with Crippen molar-refractivity contribution < 1.29 is 14.4 Å². The topological polar surface area (TPSA) is 81.5 Å². The zero-order valence-corrected chi connectivity index (χ0v) is 9.48. The molecule has 1 heterocycles. The summed E-state index contributed by atoms with van der Waals surface area (Å²) in [6.07, 6.45) is 3.00. The van der Waals surface area contributed by atoms with Crippen LogP contribution in [0.25, 0.3) is 0 Å². The molecule has 1 fully saturated rings. The summed E-state index contributed by atoms with van der Waals surface area (Å²) in [7, 11) is 1.56. The highest BCUT2D eigenvalue weighted by molar-refractivity contribution is 5.21. The molecule has 90 valence electrons. The second kappa shape index (κ2) is 4.43. The second-order valence-electron chi connectivity index (χ2n) is 4.45. The maximum atomic E-state index is 9.52. The first kappa shape index (κ1) is 11.4. The smallest absolute Gasteiger partial charge is 0.254 e. The summed E-state index contributed by atoms with van der Waals surface area (Å²) in [6.45, 7) is 0.512. The number of aliphatic hydroxyl groups is 1. The highest BCUT2D eigenvalue weighted by Gasteiger charge is 2.38. The van der Waals surface area contributed by atoms with E-state index in [9.17, 15) is 5.11 Å². The number of nitrogens with zero attached hydrogens (tertiary/aromatic N) is 1. The highest BCUT2D eigenvalue weighted by Crippen LogP contribution is 2.39. The molecule has 0 spiro atoms. The van der Waals surface area contributed by atoms with Gasteiger partial charge in [0.15, 0.2) is 0 Å². The number of hydrogen-bond donors (Lipinski definition) is 2. The van der Waals surface area contributed by atoms with Gasteiger partial charge in [-0.15, -0.1) is 0 Å². The van der Waals surface area contributed by atoms with E-state index in [0.29, 0.717) is 12.4 Å². The number of ether oxygens (including phenoxy) is 1. The van der Waals surface area contributed by atoms with Crippen molar-refractivity contribution in [1.29, 1.82) is 0 Å². The van der Waals surface area contributed by atoms with Crippen molar-refractivity contribution >= 4 is 0 Å². The van der Waals surface area contributed by atoms with Gasteiger partial charge in [0.1, 0.15) is 5.76 Å². The van der Waals surface area contributed by atoms with Crippen molar-refractivity contribution in [2.24, 2.45) is 5.73 Å². The molecule has 5 nitrogen and oxygen atoms in total. The van der Waals surface area contributed by atoms with Gasteiger partial charge in [-0.1, -0.05) is 0 Å². The average molecular weight is 226 g/mol. The molecule has 5 heteroatoms. The van der Waals surface area contributed by atoms with E-state index in [0.717, 1.165) is 31.4 Å². The van der Waals surface area contributed by atoms with Crippen LogP contribution < -0.4 is 10.5 Å². The van der Waals surface area contributed by atoms with Crippen LogP contribution in [0.1, 0.15) is 31.4 Å². The van der Waals surface area contributed by atoms with Crippen molar-refractivity contribution in [1.82, 2.24) is 5.16 Å². The molecule has 0 unspecified atom stereocenters. The van der Waals surface area contributed by atoms with Gasteiger partial charge in [-0.05, 0) is 30.8 Å². The molecule has 0 saturated heterocycles. The number of aliphatic hydroxyl groups excluding tert-OH is 1. The van der Waals surface area contributed by atoms with E-state index in [1.807, 2.05) is 0 Å². The molecule has 0 atom stereocenters. The van der Waals surface area contributed by atoms with Crippen LogP contribution in [-0.4, -0.2) is 30.0 Å². The molecule has 1 aliphatic carbocycles. The number of hydrogen-bond acceptors (Lipinski definition) is 5. The van der Waals surface area contributed by atoms with Crippen molar-refractivity contribution in [3.63, 3.8) is 0 Å². The molecule has 16 heavy (non-hydrogen) atoms. The normalized spacial score (nSPS) is 30.3. The first-order valence-electron chi connectivity index (χ1n) is 5.59. The minimum atomic E-state index is -0.204. The quantitative estimate of drug-likeness (QED) is 0.797. The molecule has 1 aliphatic rings. The fourth-order valence-electron chi connectivity index (χ4n) is 2.31. The van der Waals surface area contributed by atoms with Gasteiger partial charge in [-0.3, -0.25) is 0 Å². The largest absolute Gasteiger partial charge is 0.479 e. The van der Waals surface area contributed by atoms with E-state index in [4.69, 9.17) is 15.0 Å². The summed E-state index contributed by atoms with van der Waals surface area (Å²) in [4.78, 5) is 0. The molecule has 0 radical (unpaired) electrons. The van der Waals surface area contributed by atoms with Crippen LogP contribution in [0.2, 0.25) is 0 Å². The van der Waals surface area contributed by atoms with Crippen LogP contribution in [0.3, 0.4) is 0 Å². The Morgan fingerprint density at radius 1 is 1.62 bits per heavy atom. The van der Waals surface area contributed by atoms with Crippen LogP contribution in [0.5, 0.6) is 5.88 Å². The van der Waals surface area contributed by atoms with Crippen LogP contribution in [0.4, 0.5) is 0 Å². The third-order valence-electron chi connectivity index (χ3n) is 3.52. The SMILES string of the molecule is COc1cc(C2(CN)CCC(O)CC2)on1. The predicted octanol–water partition coefficient (Wildman–Crippen LogP) is 0.815. The third kappa shape index (κ3) is 1.92. The van der Waals surface area contributed by atoms with Gasteiger partial charge in [0, 0.05) is 18.0 Å². The van der Waals surface area contributed by atoms with Gasteiger partial charge in [0.2, 0.25) is 0 Å². The van der Waals surface area contributed by atoms with Crippen molar-refractivity contribution in [2.45, 2.75) is 37.2 Å².